The summed E-state index contributed by atoms with van der Waals surface area (Å²) in [6.45, 7) is 8.26. The zero-order valence-corrected chi connectivity index (χ0v) is 12.5. The largest absolute Gasteiger partial charge is 0.496 e. The Hall–Kier alpha value is -1.35. The van der Waals surface area contributed by atoms with Gasteiger partial charge in [0.15, 0.2) is 5.78 Å². The Kier molecular flexibility index (Phi) is 5.12. The van der Waals surface area contributed by atoms with Crippen LogP contribution in [0, 0.1) is 6.92 Å². The normalized spacial score (nSPS) is 11.5. The summed E-state index contributed by atoms with van der Waals surface area (Å²) in [4.78, 5) is 12.2. The van der Waals surface area contributed by atoms with Crippen molar-refractivity contribution < 1.29 is 14.6 Å². The van der Waals surface area contributed by atoms with Crippen LogP contribution in [0.5, 0.6) is 5.75 Å². The highest BCUT2D eigenvalue weighted by Crippen LogP contribution is 2.34. The van der Waals surface area contributed by atoms with Gasteiger partial charge in [-0.1, -0.05) is 20.8 Å². The van der Waals surface area contributed by atoms with Gasteiger partial charge >= 0.3 is 0 Å². The van der Waals surface area contributed by atoms with Crippen molar-refractivity contribution in [1.82, 2.24) is 0 Å². The number of ether oxygens (including phenoxy) is 1. The van der Waals surface area contributed by atoms with E-state index in [1.54, 1.807) is 7.11 Å². The monoisotopic (exact) mass is 264 g/mol. The second kappa shape index (κ2) is 6.20. The van der Waals surface area contributed by atoms with Crippen LogP contribution in [-0.2, 0) is 5.41 Å². The van der Waals surface area contributed by atoms with E-state index in [-0.39, 0.29) is 17.8 Å². The van der Waals surface area contributed by atoms with E-state index in [9.17, 15) is 4.79 Å². The Bertz CT molecular complexity index is 456. The second-order valence-corrected chi connectivity index (χ2v) is 5.87. The molecule has 1 rings (SSSR count). The first-order chi connectivity index (χ1) is 8.81. The lowest BCUT2D eigenvalue weighted by Crippen LogP contribution is -2.15. The molecule has 0 atom stereocenters. The lowest BCUT2D eigenvalue weighted by molar-refractivity contribution is 0.0970. The van der Waals surface area contributed by atoms with E-state index in [0.29, 0.717) is 12.8 Å². The molecule has 0 bridgehead atoms. The van der Waals surface area contributed by atoms with Crippen LogP contribution >= 0.6 is 0 Å². The first-order valence-corrected chi connectivity index (χ1v) is 6.64. The fourth-order valence-corrected chi connectivity index (χ4v) is 2.11. The molecule has 0 saturated carbocycles. The molecule has 0 aliphatic carbocycles. The summed E-state index contributed by atoms with van der Waals surface area (Å²) >= 11 is 0. The number of aliphatic hydroxyl groups excluding tert-OH is 1. The van der Waals surface area contributed by atoms with Gasteiger partial charge in [0.2, 0.25) is 0 Å². The zero-order chi connectivity index (χ0) is 14.6. The van der Waals surface area contributed by atoms with Crippen molar-refractivity contribution in [3.05, 3.63) is 28.8 Å². The number of aryl methyl sites for hydroxylation is 1. The maximum Gasteiger partial charge on any atom is 0.163 e. The number of rotatable bonds is 5. The van der Waals surface area contributed by atoms with Crippen molar-refractivity contribution in [3.8, 4) is 5.75 Å². The molecule has 1 aromatic carbocycles. The van der Waals surface area contributed by atoms with E-state index in [1.807, 2.05) is 19.1 Å². The van der Waals surface area contributed by atoms with Crippen LogP contribution in [0.1, 0.15) is 55.1 Å². The van der Waals surface area contributed by atoms with Crippen molar-refractivity contribution >= 4 is 5.78 Å². The smallest absolute Gasteiger partial charge is 0.163 e. The SMILES string of the molecule is COc1cc(C)c(C(=O)CCCO)cc1C(C)(C)C. The Morgan fingerprint density at radius 1 is 1.32 bits per heavy atom. The molecule has 1 aromatic rings. The number of hydrogen-bond donors (Lipinski definition) is 1. The Morgan fingerprint density at radius 3 is 2.42 bits per heavy atom. The summed E-state index contributed by atoms with van der Waals surface area (Å²) in [6, 6.07) is 3.86. The molecule has 0 aromatic heterocycles. The molecule has 0 heterocycles. The maximum atomic E-state index is 12.2. The fraction of sp³-hybridized carbons (Fsp3) is 0.562. The van der Waals surface area contributed by atoms with Crippen LogP contribution in [0.4, 0.5) is 0 Å². The minimum Gasteiger partial charge on any atom is -0.496 e. The molecule has 3 nitrogen and oxygen atoms in total. The van der Waals surface area contributed by atoms with Gasteiger partial charge in [0, 0.05) is 24.2 Å². The van der Waals surface area contributed by atoms with E-state index in [0.717, 1.165) is 22.4 Å². The van der Waals surface area contributed by atoms with Crippen molar-refractivity contribution in [2.45, 2.75) is 46.0 Å². The number of methoxy groups -OCH3 is 1. The number of Topliss-reactive ketones (excluding diaryl/α,β-unsaturated/α-hetero) is 1. The summed E-state index contributed by atoms with van der Waals surface area (Å²) in [5.41, 5.74) is 2.62. The predicted molar refractivity (Wildman–Crippen MR) is 77.1 cm³/mol. The molecular weight excluding hydrogens is 240 g/mol. The van der Waals surface area contributed by atoms with Gasteiger partial charge in [0.1, 0.15) is 5.75 Å². The summed E-state index contributed by atoms with van der Waals surface area (Å²) in [7, 11) is 1.65. The van der Waals surface area contributed by atoms with Crippen LogP contribution in [0.15, 0.2) is 12.1 Å². The zero-order valence-electron chi connectivity index (χ0n) is 12.5. The minimum absolute atomic E-state index is 0.0487. The highest BCUT2D eigenvalue weighted by Gasteiger charge is 2.22. The van der Waals surface area contributed by atoms with Gasteiger partial charge < -0.3 is 9.84 Å². The standard InChI is InChI=1S/C16H24O3/c1-11-9-15(19-5)13(16(2,3)4)10-12(11)14(18)7-6-8-17/h9-10,17H,6-8H2,1-5H3. The second-order valence-electron chi connectivity index (χ2n) is 5.87. The third-order valence-electron chi connectivity index (χ3n) is 3.22. The quantitative estimate of drug-likeness (QED) is 0.830. The van der Waals surface area contributed by atoms with Crippen LogP contribution in [0.3, 0.4) is 0 Å². The van der Waals surface area contributed by atoms with Crippen LogP contribution in [-0.4, -0.2) is 24.6 Å². The van der Waals surface area contributed by atoms with E-state index in [1.165, 1.54) is 0 Å². The van der Waals surface area contributed by atoms with Crippen LogP contribution in [0.25, 0.3) is 0 Å². The van der Waals surface area contributed by atoms with Gasteiger partial charge in [-0.25, -0.2) is 0 Å². The number of ketones is 1. The highest BCUT2D eigenvalue weighted by atomic mass is 16.5. The van der Waals surface area contributed by atoms with Crippen molar-refractivity contribution in [2.24, 2.45) is 0 Å². The van der Waals surface area contributed by atoms with Crippen molar-refractivity contribution in [2.75, 3.05) is 13.7 Å². The van der Waals surface area contributed by atoms with Gasteiger partial charge in [0.25, 0.3) is 0 Å². The third-order valence-corrected chi connectivity index (χ3v) is 3.22. The molecule has 19 heavy (non-hydrogen) atoms. The highest BCUT2D eigenvalue weighted by molar-refractivity contribution is 5.97. The summed E-state index contributed by atoms with van der Waals surface area (Å²) in [5.74, 6) is 0.906. The van der Waals surface area contributed by atoms with E-state index >= 15 is 0 Å². The van der Waals surface area contributed by atoms with Gasteiger partial charge in [-0.05, 0) is 36.5 Å². The number of hydrogen-bond acceptors (Lipinski definition) is 3. The molecule has 0 aliphatic heterocycles. The number of carbonyl (C=O) groups is 1. The Morgan fingerprint density at radius 2 is 1.95 bits per heavy atom. The number of aliphatic hydroxyl groups is 1. The lowest BCUT2D eigenvalue weighted by atomic mass is 9.83. The van der Waals surface area contributed by atoms with Crippen LogP contribution in [0.2, 0.25) is 0 Å². The number of benzene rings is 1. The van der Waals surface area contributed by atoms with E-state index < -0.39 is 0 Å². The van der Waals surface area contributed by atoms with Gasteiger partial charge in [-0.3, -0.25) is 4.79 Å². The van der Waals surface area contributed by atoms with Crippen LogP contribution < -0.4 is 4.74 Å². The van der Waals surface area contributed by atoms with E-state index in [2.05, 4.69) is 20.8 Å². The van der Waals surface area contributed by atoms with Gasteiger partial charge in [-0.2, -0.15) is 0 Å². The molecule has 0 aliphatic rings. The number of carbonyl (C=O) groups excluding carboxylic acids is 1. The topological polar surface area (TPSA) is 46.5 Å². The molecule has 1 N–H and O–H groups in total. The van der Waals surface area contributed by atoms with Gasteiger partial charge in [-0.15, -0.1) is 0 Å². The van der Waals surface area contributed by atoms with Crippen molar-refractivity contribution in [1.29, 1.82) is 0 Å². The third kappa shape index (κ3) is 3.80. The summed E-state index contributed by atoms with van der Waals surface area (Å²) in [5, 5.41) is 8.83. The van der Waals surface area contributed by atoms with E-state index in [4.69, 9.17) is 9.84 Å². The average molecular weight is 264 g/mol. The molecule has 0 spiro atoms. The van der Waals surface area contributed by atoms with Crippen molar-refractivity contribution in [3.63, 3.8) is 0 Å². The molecule has 106 valence electrons. The molecule has 0 fully saturated rings. The predicted octanol–water partition coefficient (Wildman–Crippen LogP) is 3.26. The molecule has 3 heteroatoms. The minimum atomic E-state index is -0.0783. The summed E-state index contributed by atoms with van der Waals surface area (Å²) in [6.07, 6.45) is 0.891. The molecular formula is C16H24O3. The first-order valence-electron chi connectivity index (χ1n) is 6.64. The summed E-state index contributed by atoms with van der Waals surface area (Å²) < 4.78 is 5.42. The maximum absolute atomic E-state index is 12.2. The fourth-order valence-electron chi connectivity index (χ4n) is 2.11. The molecule has 0 saturated heterocycles. The average Bonchev–Trinajstić information content (AvgIpc) is 2.33. The lowest BCUT2D eigenvalue weighted by Gasteiger charge is -2.23. The first kappa shape index (κ1) is 15.7. The molecule has 0 unspecified atom stereocenters. The Labute approximate surface area is 115 Å². The molecule has 0 amide bonds. The molecule has 0 radical (unpaired) electrons. The van der Waals surface area contributed by atoms with Gasteiger partial charge in [0.05, 0.1) is 7.11 Å². The Balaban J connectivity index is 3.24.